The van der Waals surface area contributed by atoms with E-state index in [0.717, 1.165) is 30.2 Å². The van der Waals surface area contributed by atoms with Gasteiger partial charge in [0.25, 0.3) is 5.91 Å². The van der Waals surface area contributed by atoms with Gasteiger partial charge in [0.05, 0.1) is 12.0 Å². The molecular weight excluding hydrogens is 452 g/mol. The van der Waals surface area contributed by atoms with Crippen molar-refractivity contribution in [2.45, 2.75) is 39.3 Å². The van der Waals surface area contributed by atoms with Gasteiger partial charge in [-0.15, -0.1) is 5.10 Å². The lowest BCUT2D eigenvalue weighted by atomic mass is 10.1. The van der Waals surface area contributed by atoms with E-state index in [9.17, 15) is 9.59 Å². The number of nitrogens with zero attached hydrogens (tertiary/aromatic N) is 3. The van der Waals surface area contributed by atoms with Gasteiger partial charge in [0, 0.05) is 16.5 Å². The Kier molecular flexibility index (Phi) is 7.84. The summed E-state index contributed by atoms with van der Waals surface area (Å²) in [4.78, 5) is 30.0. The molecule has 0 saturated carbocycles. The molecule has 0 aliphatic carbocycles. The summed E-state index contributed by atoms with van der Waals surface area (Å²) in [5.74, 6) is 0.691. The smallest absolute Gasteiger partial charge is 0.344 e. The Labute approximate surface area is 202 Å². The molecule has 0 unspecified atom stereocenters. The van der Waals surface area contributed by atoms with Gasteiger partial charge in [0.15, 0.2) is 17.9 Å². The zero-order valence-corrected chi connectivity index (χ0v) is 20.1. The molecule has 4 rings (SSSR count). The van der Waals surface area contributed by atoms with Crippen molar-refractivity contribution in [3.63, 3.8) is 0 Å². The number of unbranched alkanes of at least 4 members (excludes halogenated alkanes) is 2. The molecule has 34 heavy (non-hydrogen) atoms. The molecule has 1 amide bonds. The van der Waals surface area contributed by atoms with Crippen molar-refractivity contribution < 1.29 is 19.1 Å². The molecule has 2 aromatic carbocycles. The van der Waals surface area contributed by atoms with Gasteiger partial charge in [0.2, 0.25) is 0 Å². The molecule has 2 aliphatic heterocycles. The van der Waals surface area contributed by atoms with Crippen LogP contribution in [0.5, 0.6) is 5.75 Å². The molecule has 2 aromatic rings. The van der Waals surface area contributed by atoms with Gasteiger partial charge in [-0.2, -0.15) is 0 Å². The topological polar surface area (TPSA) is 92.6 Å². The van der Waals surface area contributed by atoms with Crippen LogP contribution in [0.2, 0.25) is 0 Å². The minimum Gasteiger partial charge on any atom is -0.481 e. The third kappa shape index (κ3) is 5.25. The number of carbonyl (C=O) groups is 2. The van der Waals surface area contributed by atoms with Crippen molar-refractivity contribution in [1.82, 2.24) is 10.3 Å². The first-order chi connectivity index (χ1) is 16.6. The molecule has 2 heterocycles. The van der Waals surface area contributed by atoms with E-state index in [1.165, 1.54) is 11.8 Å². The first-order valence-electron chi connectivity index (χ1n) is 11.5. The van der Waals surface area contributed by atoms with E-state index in [1.54, 1.807) is 18.0 Å². The van der Waals surface area contributed by atoms with E-state index >= 15 is 0 Å². The van der Waals surface area contributed by atoms with Crippen LogP contribution >= 0.6 is 11.8 Å². The highest BCUT2D eigenvalue weighted by Gasteiger charge is 2.35. The molecule has 178 valence electrons. The lowest BCUT2D eigenvalue weighted by Gasteiger charge is -2.34. The molecule has 1 N–H and O–H groups in total. The number of esters is 1. The number of hydrazone groups is 1. The van der Waals surface area contributed by atoms with Gasteiger partial charge >= 0.3 is 5.97 Å². The summed E-state index contributed by atoms with van der Waals surface area (Å²) >= 11 is 1.53. The number of fused-ring (bicyclic) bond motifs is 2. The second-order valence-electron chi connectivity index (χ2n) is 7.76. The quantitative estimate of drug-likeness (QED) is 0.438. The van der Waals surface area contributed by atoms with Gasteiger partial charge in [-0.25, -0.2) is 9.80 Å². The molecule has 0 radical (unpaired) electrons. The fraction of sp³-hybridized carbons (Fsp3) is 0.360. The van der Waals surface area contributed by atoms with Gasteiger partial charge in [-0.3, -0.25) is 15.1 Å². The molecule has 0 aromatic heterocycles. The van der Waals surface area contributed by atoms with Crippen LogP contribution < -0.4 is 20.6 Å². The van der Waals surface area contributed by atoms with Crippen LogP contribution in [0.1, 0.15) is 44.8 Å². The zero-order chi connectivity index (χ0) is 23.9. The van der Waals surface area contributed by atoms with E-state index in [0.29, 0.717) is 27.5 Å². The Morgan fingerprint density at radius 2 is 1.91 bits per heavy atom. The molecule has 0 saturated heterocycles. The minimum absolute atomic E-state index is 0.215. The largest absolute Gasteiger partial charge is 0.481 e. The first kappa shape index (κ1) is 23.8. The van der Waals surface area contributed by atoms with Crippen molar-refractivity contribution in [2.75, 3.05) is 19.0 Å². The molecular formula is C25H28N4O4S. The lowest BCUT2D eigenvalue weighted by Crippen LogP contribution is -2.50. The Morgan fingerprint density at radius 1 is 1.12 bits per heavy atom. The van der Waals surface area contributed by atoms with Crippen molar-refractivity contribution in [3.05, 3.63) is 64.7 Å². The number of thioether (sulfide) groups is 1. The Bertz CT molecular complexity index is 1210. The third-order valence-corrected chi connectivity index (χ3v) is 6.30. The van der Waals surface area contributed by atoms with Gasteiger partial charge in [0.1, 0.15) is 11.4 Å². The van der Waals surface area contributed by atoms with Crippen molar-refractivity contribution >= 4 is 34.5 Å². The average Bonchev–Trinajstić information content (AvgIpc) is 2.85. The van der Waals surface area contributed by atoms with E-state index in [4.69, 9.17) is 19.6 Å². The van der Waals surface area contributed by atoms with Gasteiger partial charge in [-0.1, -0.05) is 67.9 Å². The van der Waals surface area contributed by atoms with Crippen molar-refractivity contribution in [1.29, 1.82) is 0 Å². The third-order valence-electron chi connectivity index (χ3n) is 5.35. The Balaban J connectivity index is 1.72. The molecule has 0 fully saturated rings. The summed E-state index contributed by atoms with van der Waals surface area (Å²) in [6, 6.07) is 14.9. The zero-order valence-electron chi connectivity index (χ0n) is 19.3. The average molecular weight is 481 g/mol. The van der Waals surface area contributed by atoms with Crippen LogP contribution in [-0.2, 0) is 14.3 Å². The first-order valence-corrected chi connectivity index (χ1v) is 12.5. The fourth-order valence-electron chi connectivity index (χ4n) is 3.78. The number of amides is 1. The monoisotopic (exact) mass is 480 g/mol. The van der Waals surface area contributed by atoms with Crippen LogP contribution in [-0.4, -0.2) is 41.0 Å². The highest BCUT2D eigenvalue weighted by atomic mass is 32.2. The standard InChI is InChI=1S/C25H28N4O4S/c1-3-5-10-15-34-25-27-24(31)22-17-11-6-8-13-19(17)26-23(29(22)28-25)18-12-7-9-14-20(18)33-16-21(30)32-4-2/h6-9,11-14,23H,3-5,10,15-16H2,1-2H3,(H,27,28,31)/t23-/m0/s1. The number of hydrogen-bond donors (Lipinski definition) is 1. The number of carbonyl (C=O) groups excluding carboxylic acids is 2. The summed E-state index contributed by atoms with van der Waals surface area (Å²) in [6.07, 6.45) is 2.68. The maximum atomic E-state index is 13.2. The van der Waals surface area contributed by atoms with E-state index < -0.39 is 12.1 Å². The summed E-state index contributed by atoms with van der Waals surface area (Å²) < 4.78 is 10.8. The second-order valence-corrected chi connectivity index (χ2v) is 8.84. The van der Waals surface area contributed by atoms with Crippen LogP contribution in [0, 0.1) is 0 Å². The van der Waals surface area contributed by atoms with E-state index in [-0.39, 0.29) is 19.1 Å². The van der Waals surface area contributed by atoms with Crippen LogP contribution in [0.3, 0.4) is 0 Å². The van der Waals surface area contributed by atoms with Gasteiger partial charge in [-0.05, 0) is 25.5 Å². The highest BCUT2D eigenvalue weighted by Crippen LogP contribution is 2.35. The van der Waals surface area contributed by atoms with Gasteiger partial charge < -0.3 is 9.47 Å². The molecule has 0 spiro atoms. The second kappa shape index (κ2) is 11.2. The Morgan fingerprint density at radius 3 is 2.74 bits per heavy atom. The number of para-hydroxylation sites is 2. The maximum Gasteiger partial charge on any atom is 0.344 e. The van der Waals surface area contributed by atoms with Crippen molar-refractivity contribution in [3.8, 4) is 5.75 Å². The van der Waals surface area contributed by atoms with Crippen molar-refractivity contribution in [2.24, 2.45) is 10.1 Å². The summed E-state index contributed by atoms with van der Waals surface area (Å²) in [5.41, 5.74) is 1.14. The van der Waals surface area contributed by atoms with E-state index in [2.05, 4.69) is 12.2 Å². The summed E-state index contributed by atoms with van der Waals surface area (Å²) in [7, 11) is 0. The van der Waals surface area contributed by atoms with Crippen LogP contribution in [0.15, 0.2) is 58.6 Å². The molecule has 1 atom stereocenters. The molecule has 2 aliphatic rings. The highest BCUT2D eigenvalue weighted by molar-refractivity contribution is 8.13. The molecule has 0 bridgehead atoms. The maximum absolute atomic E-state index is 13.2. The number of ether oxygens (including phenoxy) is 2. The SMILES string of the molecule is CCCCCSC1=NN2C(=c3ccccc3=N[C@@H]2c2ccccc2OCC(=O)OCC)C(=O)N1. The number of rotatable bonds is 9. The number of nitrogens with one attached hydrogen (secondary N) is 1. The van der Waals surface area contributed by atoms with E-state index in [1.807, 2.05) is 42.5 Å². The number of hydrogen-bond acceptors (Lipinski definition) is 8. The fourth-order valence-corrected chi connectivity index (χ4v) is 4.63. The normalized spacial score (nSPS) is 16.6. The summed E-state index contributed by atoms with van der Waals surface area (Å²) in [6.45, 7) is 3.98. The minimum atomic E-state index is -0.624. The number of amidine groups is 1. The molecule has 8 nitrogen and oxygen atoms in total. The number of benzene rings is 2. The predicted molar refractivity (Wildman–Crippen MR) is 131 cm³/mol. The Hall–Kier alpha value is -3.33. The van der Waals surface area contributed by atoms with Crippen LogP contribution in [0.25, 0.3) is 5.70 Å². The predicted octanol–water partition coefficient (Wildman–Crippen LogP) is 2.69. The van der Waals surface area contributed by atoms with Crippen LogP contribution in [0.4, 0.5) is 0 Å². The molecule has 9 heteroatoms. The summed E-state index contributed by atoms with van der Waals surface area (Å²) in [5, 5.41) is 11.3. The lowest BCUT2D eigenvalue weighted by molar-refractivity contribution is -0.145.